The Labute approximate surface area is 344 Å². The van der Waals surface area contributed by atoms with Crippen LogP contribution in [0.5, 0.6) is 0 Å². The third-order valence-corrected chi connectivity index (χ3v) is 12.2. The molecule has 3 saturated heterocycles. The topological polar surface area (TPSA) is 198 Å². The molecule has 59 heavy (non-hydrogen) atoms. The highest BCUT2D eigenvalue weighted by Crippen LogP contribution is 2.43. The number of methoxy groups -OCH3 is 1. The molecule has 0 aromatic carbocycles. The van der Waals surface area contributed by atoms with Crippen molar-refractivity contribution >= 4 is 23.6 Å². The molecule has 3 aliphatic heterocycles. The number of aromatic nitrogens is 5. The molecule has 0 spiro atoms. The minimum Gasteiger partial charge on any atom is -0.455 e. The average Bonchev–Trinajstić information content (AvgIpc) is 3.78. The minimum absolute atomic E-state index is 0.0395. The van der Waals surface area contributed by atoms with Gasteiger partial charge < -0.3 is 33.7 Å². The average molecular weight is 828 g/mol. The van der Waals surface area contributed by atoms with E-state index in [4.69, 9.17) is 23.7 Å². The van der Waals surface area contributed by atoms with Crippen molar-refractivity contribution < 1.29 is 52.4 Å². The van der Waals surface area contributed by atoms with Crippen LogP contribution in [0, 0.1) is 29.6 Å². The highest BCUT2D eigenvalue weighted by molar-refractivity contribution is 6.08. The normalized spacial score (nSPS) is 37.3. The molecule has 5 heterocycles. The van der Waals surface area contributed by atoms with Gasteiger partial charge in [0.1, 0.15) is 35.9 Å². The van der Waals surface area contributed by atoms with Gasteiger partial charge in [-0.1, -0.05) is 44.7 Å². The smallest absolute Gasteiger partial charge is 0.411 e. The van der Waals surface area contributed by atoms with Crippen LogP contribution in [0.2, 0.25) is 0 Å². The van der Waals surface area contributed by atoms with Crippen LogP contribution < -0.4 is 0 Å². The zero-order valence-electron chi connectivity index (χ0n) is 35.7. The van der Waals surface area contributed by atoms with Gasteiger partial charge in [-0.05, 0) is 73.2 Å². The lowest BCUT2D eigenvalue weighted by atomic mass is 9.73. The van der Waals surface area contributed by atoms with E-state index in [1.165, 1.54) is 30.5 Å². The number of hydrogen-bond acceptors (Lipinski definition) is 15. The van der Waals surface area contributed by atoms with Crippen molar-refractivity contribution in [2.45, 2.75) is 141 Å². The Balaban J connectivity index is 1.50. The molecule has 0 bridgehead atoms. The summed E-state index contributed by atoms with van der Waals surface area (Å²) < 4.78 is 48.7. The van der Waals surface area contributed by atoms with Crippen molar-refractivity contribution in [1.29, 1.82) is 0 Å². The van der Waals surface area contributed by atoms with E-state index in [1.807, 2.05) is 25.9 Å². The SMILES string of the molecule is CC[C@H]1OC(=O)[C@@](C)(F)C(=O)[C@H](C)[C@@H](O[C@@H]2OC(C)CC(N(C)C)C2O)[C@](C)(OC)C[C@@H](C)C(=O)[C@H](C)[C@H]2N(CC#CCn3cc(-c4cccnn4)nn3)C(=O)O[C@]12C. The molecule has 17 nitrogen and oxygen atoms in total. The van der Waals surface area contributed by atoms with Gasteiger partial charge in [-0.2, -0.15) is 5.10 Å². The lowest BCUT2D eigenvalue weighted by molar-refractivity contribution is -0.295. The van der Waals surface area contributed by atoms with Crippen LogP contribution in [0.25, 0.3) is 11.4 Å². The number of cyclic esters (lactones) is 1. The summed E-state index contributed by atoms with van der Waals surface area (Å²) in [6.07, 6.45) is -2.54. The van der Waals surface area contributed by atoms with Gasteiger partial charge in [0, 0.05) is 37.1 Å². The van der Waals surface area contributed by atoms with E-state index in [9.17, 15) is 24.3 Å². The van der Waals surface area contributed by atoms with Crippen LogP contribution in [0.15, 0.2) is 24.5 Å². The first kappa shape index (κ1) is 45.7. The summed E-state index contributed by atoms with van der Waals surface area (Å²) in [5, 5.41) is 27.5. The Bertz CT molecular complexity index is 1900. The molecule has 1 N–H and O–H groups in total. The number of likely N-dealkylation sites (N-methyl/N-ethyl adjacent to an activating group) is 1. The summed E-state index contributed by atoms with van der Waals surface area (Å²) >= 11 is 0. The second-order valence-electron chi connectivity index (χ2n) is 16.8. The van der Waals surface area contributed by atoms with Gasteiger partial charge in [0.2, 0.25) is 0 Å². The van der Waals surface area contributed by atoms with Crippen molar-refractivity contribution in [1.82, 2.24) is 35.0 Å². The maximum Gasteiger partial charge on any atom is 0.411 e. The Morgan fingerprint density at radius 1 is 1.03 bits per heavy atom. The van der Waals surface area contributed by atoms with Crippen LogP contribution in [-0.2, 0) is 44.6 Å². The van der Waals surface area contributed by atoms with Crippen molar-refractivity contribution in [2.75, 3.05) is 27.7 Å². The number of alkyl halides is 1. The highest BCUT2D eigenvalue weighted by Gasteiger charge is 2.61. The first-order valence-electron chi connectivity index (χ1n) is 20.0. The fourth-order valence-electron chi connectivity index (χ4n) is 8.85. The van der Waals surface area contributed by atoms with E-state index in [-0.39, 0.29) is 43.9 Å². The summed E-state index contributed by atoms with van der Waals surface area (Å²) in [5.41, 5.74) is -5.34. The molecule has 0 saturated carbocycles. The van der Waals surface area contributed by atoms with Gasteiger partial charge >= 0.3 is 12.1 Å². The van der Waals surface area contributed by atoms with Crippen LogP contribution in [0.1, 0.15) is 74.7 Å². The Morgan fingerprint density at radius 3 is 2.36 bits per heavy atom. The predicted molar refractivity (Wildman–Crippen MR) is 209 cm³/mol. The number of Topliss-reactive ketones (excluding diaryl/α,β-unsaturated/α-hetero) is 2. The quantitative estimate of drug-likeness (QED) is 0.231. The predicted octanol–water partition coefficient (Wildman–Crippen LogP) is 3.03. The minimum atomic E-state index is -3.21. The molecule has 0 aliphatic carbocycles. The first-order chi connectivity index (χ1) is 27.7. The third kappa shape index (κ3) is 9.19. The molecule has 5 rings (SSSR count). The van der Waals surface area contributed by atoms with Gasteiger partial charge in [-0.25, -0.2) is 18.7 Å². The second-order valence-corrected chi connectivity index (χ2v) is 16.8. The van der Waals surface area contributed by atoms with E-state index in [2.05, 4.69) is 32.4 Å². The molecule has 13 atom stereocenters. The number of nitrogens with zero attached hydrogens (tertiary/aromatic N) is 7. The largest absolute Gasteiger partial charge is 0.455 e. The van der Waals surface area contributed by atoms with E-state index in [0.29, 0.717) is 17.8 Å². The summed E-state index contributed by atoms with van der Waals surface area (Å²) in [5.74, 6) is -0.132. The molecular formula is C41H58FN7O10. The number of rotatable bonds is 8. The number of amides is 1. The summed E-state index contributed by atoms with van der Waals surface area (Å²) in [7, 11) is 5.01. The number of ketones is 2. The summed E-state index contributed by atoms with van der Waals surface area (Å²) in [6, 6.07) is 2.04. The lowest BCUT2D eigenvalue weighted by Crippen LogP contribution is -2.61. The standard InChI is InChI=1S/C41H58FN7O10/c1-12-30-41(8)33(49(38(54)59-41)19-14-13-18-48-22-28(45-46-48)27-16-15-17-43-44-27)25(4)31(50)23(2)21-39(6,55-11)35(26(5)34(52)40(7,42)37(53)57-30)58-36-32(51)29(47(9)10)20-24(3)56-36/h15-17,22-26,29-30,32-33,35-36,51H,12,18-21H2,1-11H3/t23-,24?,25+,26+,29?,30-,32?,33-,35-,36+,39-,40+,41-/m1/s1. The number of ether oxygens (including phenoxy) is 5. The van der Waals surface area contributed by atoms with Crippen molar-refractivity contribution in [3.63, 3.8) is 0 Å². The lowest BCUT2D eigenvalue weighted by Gasteiger charge is -2.47. The Morgan fingerprint density at radius 2 is 1.73 bits per heavy atom. The Kier molecular flexibility index (Phi) is 14.0. The molecule has 0 radical (unpaired) electrons. The summed E-state index contributed by atoms with van der Waals surface area (Å²) in [4.78, 5) is 59.7. The van der Waals surface area contributed by atoms with E-state index >= 15 is 4.39 Å². The van der Waals surface area contributed by atoms with Crippen molar-refractivity contribution in [3.05, 3.63) is 24.5 Å². The number of aliphatic hydroxyl groups is 1. The van der Waals surface area contributed by atoms with Crippen molar-refractivity contribution in [3.8, 4) is 23.2 Å². The van der Waals surface area contributed by atoms with Gasteiger partial charge in [0.25, 0.3) is 5.67 Å². The van der Waals surface area contributed by atoms with Gasteiger partial charge in [-0.3, -0.25) is 14.5 Å². The molecule has 2 aromatic heterocycles. The number of fused-ring (bicyclic) bond motifs is 1. The van der Waals surface area contributed by atoms with Gasteiger partial charge in [0.15, 0.2) is 17.7 Å². The fraction of sp³-hybridized carbons (Fsp3) is 0.707. The molecule has 18 heteroatoms. The third-order valence-electron chi connectivity index (χ3n) is 12.2. The second kappa shape index (κ2) is 18.1. The number of carbonyl (C=O) groups excluding carboxylic acids is 4. The molecular weight excluding hydrogens is 769 g/mol. The molecule has 2 aromatic rings. The van der Waals surface area contributed by atoms with E-state index in [1.54, 1.807) is 52.2 Å². The molecule has 3 unspecified atom stereocenters. The summed E-state index contributed by atoms with van der Waals surface area (Å²) in [6.45, 7) is 12.2. The van der Waals surface area contributed by atoms with E-state index < -0.39 is 83.1 Å². The Hall–Kier alpha value is -4.41. The number of esters is 1. The van der Waals surface area contributed by atoms with Crippen LogP contribution in [0.3, 0.4) is 0 Å². The number of hydrogen-bond donors (Lipinski definition) is 1. The number of carbonyl (C=O) groups is 4. The van der Waals surface area contributed by atoms with Crippen molar-refractivity contribution in [2.24, 2.45) is 17.8 Å². The molecule has 324 valence electrons. The first-order valence-corrected chi connectivity index (χ1v) is 20.0. The van der Waals surface area contributed by atoms with Gasteiger partial charge in [-0.15, -0.1) is 10.2 Å². The maximum atomic E-state index is 16.9. The fourth-order valence-corrected chi connectivity index (χ4v) is 8.85. The number of aliphatic hydroxyl groups excluding tert-OH is 1. The monoisotopic (exact) mass is 827 g/mol. The number of halogens is 1. The highest BCUT2D eigenvalue weighted by atomic mass is 19.1. The molecule has 3 aliphatic rings. The zero-order valence-corrected chi connectivity index (χ0v) is 35.7. The molecule has 1 amide bonds. The van der Waals surface area contributed by atoms with Crippen LogP contribution >= 0.6 is 0 Å². The van der Waals surface area contributed by atoms with E-state index in [0.717, 1.165) is 6.92 Å². The maximum absolute atomic E-state index is 16.9. The zero-order chi connectivity index (χ0) is 43.6. The van der Waals surface area contributed by atoms with Crippen LogP contribution in [0.4, 0.5) is 9.18 Å². The van der Waals surface area contributed by atoms with Gasteiger partial charge in [0.05, 0.1) is 36.6 Å². The molecule has 3 fully saturated rings. The van der Waals surface area contributed by atoms with Crippen LogP contribution in [-0.4, -0.2) is 151 Å².